The van der Waals surface area contributed by atoms with Crippen molar-refractivity contribution in [2.45, 2.75) is 29.5 Å². The van der Waals surface area contributed by atoms with Gasteiger partial charge in [0.15, 0.2) is 5.25 Å². The highest BCUT2D eigenvalue weighted by molar-refractivity contribution is 8.76. The molecule has 1 atom stereocenters. The predicted octanol–water partition coefficient (Wildman–Crippen LogP) is 1.32. The second-order valence-electron chi connectivity index (χ2n) is 4.86. The Bertz CT molecular complexity index is 744. The number of aromatic nitrogens is 1. The van der Waals surface area contributed by atoms with Crippen molar-refractivity contribution >= 4 is 49.5 Å². The standard InChI is InChI=1S/C13H14N2O7S3.H2/c16-11-4-5-12(17)15(11)22-13(18)9(25(19,20)21)6-8-23-24-10-3-1-2-7-14-10;/h1-3,7,9H,4-6,8H2,(H,19,20,21);1H. The number of rotatable bonds is 8. The van der Waals surface area contributed by atoms with Crippen LogP contribution in [0.3, 0.4) is 0 Å². The number of hydrogen-bond acceptors (Lipinski definition) is 9. The monoisotopic (exact) mass is 408 g/mol. The summed E-state index contributed by atoms with van der Waals surface area (Å²) in [4.78, 5) is 43.4. The van der Waals surface area contributed by atoms with E-state index in [9.17, 15) is 27.4 Å². The minimum atomic E-state index is -4.75. The van der Waals surface area contributed by atoms with Crippen molar-refractivity contribution in [2.75, 3.05) is 5.75 Å². The summed E-state index contributed by atoms with van der Waals surface area (Å²) in [5.74, 6) is -2.64. The molecule has 2 heterocycles. The lowest BCUT2D eigenvalue weighted by Gasteiger charge is -2.17. The molecule has 138 valence electrons. The summed E-state index contributed by atoms with van der Waals surface area (Å²) in [6, 6.07) is 5.30. The Morgan fingerprint density at radius 2 is 2.04 bits per heavy atom. The second-order valence-corrected chi connectivity index (χ2v) is 8.89. The van der Waals surface area contributed by atoms with E-state index in [1.165, 1.54) is 21.6 Å². The lowest BCUT2D eigenvalue weighted by Crippen LogP contribution is -2.39. The van der Waals surface area contributed by atoms with E-state index in [1.807, 2.05) is 0 Å². The zero-order valence-corrected chi connectivity index (χ0v) is 15.2. The molecule has 25 heavy (non-hydrogen) atoms. The number of pyridine rings is 1. The molecule has 0 aromatic carbocycles. The topological polar surface area (TPSA) is 131 Å². The maximum Gasteiger partial charge on any atom is 0.353 e. The van der Waals surface area contributed by atoms with Gasteiger partial charge in [-0.3, -0.25) is 14.1 Å². The predicted molar refractivity (Wildman–Crippen MR) is 91.8 cm³/mol. The summed E-state index contributed by atoms with van der Waals surface area (Å²) >= 11 is 0. The number of hydrogen-bond donors (Lipinski definition) is 1. The average Bonchev–Trinajstić information content (AvgIpc) is 2.86. The molecule has 0 radical (unpaired) electrons. The third kappa shape index (κ3) is 5.70. The lowest BCUT2D eigenvalue weighted by atomic mass is 10.3. The number of nitrogens with zero attached hydrogens (tertiary/aromatic N) is 2. The third-order valence-corrected chi connectivity index (χ3v) is 6.50. The van der Waals surface area contributed by atoms with Gasteiger partial charge >= 0.3 is 5.97 Å². The largest absolute Gasteiger partial charge is 0.353 e. The first-order valence-corrected chi connectivity index (χ1v) is 10.9. The van der Waals surface area contributed by atoms with Crippen molar-refractivity contribution in [1.82, 2.24) is 10.0 Å². The maximum atomic E-state index is 12.0. The number of amides is 2. The normalized spacial score (nSPS) is 16.1. The van der Waals surface area contributed by atoms with E-state index in [0.29, 0.717) is 5.03 Å². The van der Waals surface area contributed by atoms with Crippen LogP contribution < -0.4 is 0 Å². The molecule has 0 spiro atoms. The molecule has 1 N–H and O–H groups in total. The van der Waals surface area contributed by atoms with Gasteiger partial charge < -0.3 is 4.84 Å². The Hall–Kier alpha value is -1.63. The van der Waals surface area contributed by atoms with E-state index in [0.717, 1.165) is 0 Å². The molecule has 1 aliphatic heterocycles. The Labute approximate surface area is 153 Å². The van der Waals surface area contributed by atoms with E-state index in [-0.39, 0.29) is 31.5 Å². The van der Waals surface area contributed by atoms with Gasteiger partial charge in [0.25, 0.3) is 21.9 Å². The molecule has 1 aromatic rings. The summed E-state index contributed by atoms with van der Waals surface area (Å²) in [6.45, 7) is 0. The van der Waals surface area contributed by atoms with Gasteiger partial charge in [0.1, 0.15) is 5.03 Å². The fraction of sp³-hybridized carbons (Fsp3) is 0.385. The first-order valence-electron chi connectivity index (χ1n) is 7.03. The van der Waals surface area contributed by atoms with Crippen molar-refractivity contribution in [2.24, 2.45) is 0 Å². The van der Waals surface area contributed by atoms with Crippen LogP contribution in [-0.4, -0.2) is 51.8 Å². The highest BCUT2D eigenvalue weighted by Crippen LogP contribution is 2.30. The van der Waals surface area contributed by atoms with Crippen LogP contribution >= 0.6 is 21.6 Å². The summed E-state index contributed by atoms with van der Waals surface area (Å²) < 4.78 is 32.0. The first kappa shape index (κ1) is 19.7. The highest BCUT2D eigenvalue weighted by Gasteiger charge is 2.39. The Morgan fingerprint density at radius 3 is 2.60 bits per heavy atom. The Kier molecular flexibility index (Phi) is 6.81. The lowest BCUT2D eigenvalue weighted by molar-refractivity contribution is -0.197. The molecule has 0 aliphatic carbocycles. The zero-order valence-electron chi connectivity index (χ0n) is 12.7. The van der Waals surface area contributed by atoms with Crippen LogP contribution in [0, 0.1) is 0 Å². The van der Waals surface area contributed by atoms with Gasteiger partial charge in [-0.05, 0) is 29.3 Å². The molecule has 1 fully saturated rings. The van der Waals surface area contributed by atoms with Gasteiger partial charge in [-0.25, -0.2) is 9.78 Å². The number of carbonyl (C=O) groups excluding carboxylic acids is 3. The van der Waals surface area contributed by atoms with Crippen LogP contribution in [0.1, 0.15) is 20.7 Å². The van der Waals surface area contributed by atoms with Crippen molar-refractivity contribution in [1.29, 1.82) is 0 Å². The van der Waals surface area contributed by atoms with E-state index < -0.39 is 33.2 Å². The molecule has 0 saturated carbocycles. The van der Waals surface area contributed by atoms with Crippen molar-refractivity contribution < 1.29 is 33.6 Å². The molecule has 1 aromatic heterocycles. The van der Waals surface area contributed by atoms with Gasteiger partial charge in [0, 0.05) is 26.2 Å². The summed E-state index contributed by atoms with van der Waals surface area (Å²) in [7, 11) is -2.24. The molecule has 12 heteroatoms. The van der Waals surface area contributed by atoms with Gasteiger partial charge in [-0.2, -0.15) is 8.42 Å². The molecule has 9 nitrogen and oxygen atoms in total. The SMILES string of the molecule is O=C(ON1C(=O)CCC1=O)C(CCSSc1ccccn1)S(=O)(=O)O.[HH]. The fourth-order valence-corrected chi connectivity index (χ4v) is 4.67. The molecule has 2 amide bonds. The second kappa shape index (κ2) is 8.65. The Morgan fingerprint density at radius 1 is 1.36 bits per heavy atom. The van der Waals surface area contributed by atoms with Crippen LogP contribution in [0.2, 0.25) is 0 Å². The molecule has 1 unspecified atom stereocenters. The molecule has 2 rings (SSSR count). The fourth-order valence-electron chi connectivity index (χ4n) is 1.85. The van der Waals surface area contributed by atoms with E-state index >= 15 is 0 Å². The van der Waals surface area contributed by atoms with E-state index in [2.05, 4.69) is 9.82 Å². The van der Waals surface area contributed by atoms with Crippen molar-refractivity contribution in [3.05, 3.63) is 24.4 Å². The smallest absolute Gasteiger partial charge is 0.329 e. The third-order valence-electron chi connectivity index (χ3n) is 3.05. The van der Waals surface area contributed by atoms with Gasteiger partial charge in [-0.1, -0.05) is 16.9 Å². The van der Waals surface area contributed by atoms with Crippen LogP contribution in [0.15, 0.2) is 29.4 Å². The van der Waals surface area contributed by atoms with Crippen LogP contribution in [0.4, 0.5) is 0 Å². The molecule has 0 bridgehead atoms. The van der Waals surface area contributed by atoms with Gasteiger partial charge in [0.2, 0.25) is 0 Å². The molecule has 1 saturated heterocycles. The minimum Gasteiger partial charge on any atom is -0.329 e. The number of imide groups is 1. The molecular formula is C13H16N2O7S3. The number of hydroxylamine groups is 2. The van der Waals surface area contributed by atoms with Crippen LogP contribution in [-0.2, 0) is 29.3 Å². The summed E-state index contributed by atoms with van der Waals surface area (Å²) in [5, 5.41) is -0.937. The quantitative estimate of drug-likeness (QED) is 0.291. The van der Waals surface area contributed by atoms with Gasteiger partial charge in [0.05, 0.1) is 0 Å². The number of carbonyl (C=O) groups is 3. The molecule has 1 aliphatic rings. The van der Waals surface area contributed by atoms with Crippen LogP contribution in [0.25, 0.3) is 0 Å². The Balaban J connectivity index is 0.00000338. The summed E-state index contributed by atoms with van der Waals surface area (Å²) in [5.41, 5.74) is 0. The summed E-state index contributed by atoms with van der Waals surface area (Å²) in [6.07, 6.45) is 1.13. The maximum absolute atomic E-state index is 12.0. The van der Waals surface area contributed by atoms with Gasteiger partial charge in [-0.15, -0.1) is 5.06 Å². The van der Waals surface area contributed by atoms with Crippen molar-refractivity contribution in [3.63, 3.8) is 0 Å². The average molecular weight is 408 g/mol. The van der Waals surface area contributed by atoms with E-state index in [1.54, 1.807) is 24.4 Å². The van der Waals surface area contributed by atoms with E-state index in [4.69, 9.17) is 0 Å². The highest BCUT2D eigenvalue weighted by atomic mass is 33.1. The van der Waals surface area contributed by atoms with Crippen LogP contribution in [0.5, 0.6) is 0 Å². The molecular weight excluding hydrogens is 392 g/mol. The first-order chi connectivity index (χ1) is 11.8. The minimum absolute atomic E-state index is 0. The van der Waals surface area contributed by atoms with Crippen molar-refractivity contribution in [3.8, 4) is 0 Å². The zero-order chi connectivity index (χ0) is 18.4.